The first-order valence-corrected chi connectivity index (χ1v) is 13.4. The number of ether oxygens (including phenoxy) is 3. The number of carbonyl (C=O) groups is 1. The predicted octanol–water partition coefficient (Wildman–Crippen LogP) is 6.62. The Hall–Kier alpha value is -4.95. The lowest BCUT2D eigenvalue weighted by atomic mass is 10.2. The average Bonchev–Trinajstić information content (AvgIpc) is 2.99. The van der Waals surface area contributed by atoms with Crippen molar-refractivity contribution in [1.82, 2.24) is 9.66 Å². The summed E-state index contributed by atoms with van der Waals surface area (Å²) >= 11 is 6.28. The number of halogens is 1. The van der Waals surface area contributed by atoms with Crippen molar-refractivity contribution in [3.63, 3.8) is 0 Å². The quantitative estimate of drug-likeness (QED) is 0.113. The second-order valence-electron chi connectivity index (χ2n) is 8.78. The summed E-state index contributed by atoms with van der Waals surface area (Å²) in [4.78, 5) is 31.3. The first-order valence-electron chi connectivity index (χ1n) is 13.0. The largest absolute Gasteiger partial charge is 0.490 e. The number of benzene rings is 4. The summed E-state index contributed by atoms with van der Waals surface area (Å²) in [5.74, 6) is 0.940. The zero-order chi connectivity index (χ0) is 28.8. The van der Waals surface area contributed by atoms with Gasteiger partial charge in [0.25, 0.3) is 5.56 Å². The van der Waals surface area contributed by atoms with Crippen LogP contribution in [0, 0.1) is 0 Å². The van der Waals surface area contributed by atoms with Crippen LogP contribution in [0.3, 0.4) is 0 Å². The maximum absolute atomic E-state index is 13.5. The Bertz CT molecular complexity index is 1800. The highest BCUT2D eigenvalue weighted by molar-refractivity contribution is 6.31. The number of para-hydroxylation sites is 1. The number of hydrogen-bond acceptors (Lipinski definition) is 7. The van der Waals surface area contributed by atoms with E-state index in [-0.39, 0.29) is 16.9 Å². The minimum absolute atomic E-state index is 0.207. The van der Waals surface area contributed by atoms with Gasteiger partial charge in [-0.2, -0.15) is 9.78 Å². The van der Waals surface area contributed by atoms with Crippen molar-refractivity contribution in [2.75, 3.05) is 13.2 Å². The third-order valence-electron chi connectivity index (χ3n) is 6.05. The molecule has 206 valence electrons. The second-order valence-corrected chi connectivity index (χ2v) is 9.22. The molecule has 0 saturated carbocycles. The molecule has 41 heavy (non-hydrogen) atoms. The molecule has 0 spiro atoms. The summed E-state index contributed by atoms with van der Waals surface area (Å²) in [5.41, 5.74) is 1.59. The molecule has 0 unspecified atom stereocenters. The highest BCUT2D eigenvalue weighted by atomic mass is 35.5. The second kappa shape index (κ2) is 12.5. The molecule has 8 nitrogen and oxygen atoms in total. The Labute approximate surface area is 241 Å². The van der Waals surface area contributed by atoms with Gasteiger partial charge in [0.05, 0.1) is 35.9 Å². The molecule has 0 amide bonds. The van der Waals surface area contributed by atoms with Gasteiger partial charge in [-0.3, -0.25) is 4.79 Å². The van der Waals surface area contributed by atoms with E-state index in [1.165, 1.54) is 10.9 Å². The molecular weight excluding hydrogens is 542 g/mol. The predicted molar refractivity (Wildman–Crippen MR) is 160 cm³/mol. The molecule has 0 aliphatic rings. The fourth-order valence-corrected chi connectivity index (χ4v) is 4.36. The molecule has 0 atom stereocenters. The SMILES string of the molecule is CCOc1ccc(C(=O)Oc2ccc(Cl)cc2C=Nn2c(-c3ccccc3)nc3ccccc3c2=O)cc1OCC. The van der Waals surface area contributed by atoms with Gasteiger partial charge in [-0.05, 0) is 62.4 Å². The normalized spacial score (nSPS) is 11.1. The monoisotopic (exact) mass is 567 g/mol. The van der Waals surface area contributed by atoms with Crippen LogP contribution in [0.15, 0.2) is 101 Å². The van der Waals surface area contributed by atoms with Crippen molar-refractivity contribution in [1.29, 1.82) is 0 Å². The van der Waals surface area contributed by atoms with Crippen molar-refractivity contribution < 1.29 is 19.0 Å². The number of hydrogen-bond donors (Lipinski definition) is 0. The molecule has 0 aliphatic carbocycles. The van der Waals surface area contributed by atoms with E-state index in [0.717, 1.165) is 0 Å². The molecule has 0 saturated heterocycles. The van der Waals surface area contributed by atoms with E-state index >= 15 is 0 Å². The summed E-state index contributed by atoms with van der Waals surface area (Å²) in [6, 6.07) is 26.0. The van der Waals surface area contributed by atoms with E-state index < -0.39 is 5.97 Å². The minimum atomic E-state index is -0.611. The fraction of sp³-hybridized carbons (Fsp3) is 0.125. The Morgan fingerprint density at radius 3 is 2.37 bits per heavy atom. The zero-order valence-electron chi connectivity index (χ0n) is 22.4. The molecule has 4 aromatic carbocycles. The highest BCUT2D eigenvalue weighted by Gasteiger charge is 2.16. The average molecular weight is 568 g/mol. The third-order valence-corrected chi connectivity index (χ3v) is 6.29. The first kappa shape index (κ1) is 27.6. The molecule has 5 aromatic rings. The molecular formula is C32H26ClN3O5. The number of esters is 1. The summed E-state index contributed by atoms with van der Waals surface area (Å²) in [6.07, 6.45) is 1.42. The van der Waals surface area contributed by atoms with Crippen LogP contribution >= 0.6 is 11.6 Å². The maximum Gasteiger partial charge on any atom is 0.343 e. The van der Waals surface area contributed by atoms with Crippen molar-refractivity contribution in [2.45, 2.75) is 13.8 Å². The fourth-order valence-electron chi connectivity index (χ4n) is 4.17. The van der Waals surface area contributed by atoms with Crippen LogP contribution in [0.1, 0.15) is 29.8 Å². The van der Waals surface area contributed by atoms with Gasteiger partial charge >= 0.3 is 5.97 Å². The zero-order valence-corrected chi connectivity index (χ0v) is 23.2. The molecule has 0 N–H and O–H groups in total. The van der Waals surface area contributed by atoms with E-state index in [0.29, 0.717) is 57.6 Å². The van der Waals surface area contributed by atoms with Gasteiger partial charge in [-0.15, -0.1) is 0 Å². The summed E-state index contributed by atoms with van der Waals surface area (Å²) in [6.45, 7) is 4.58. The number of aromatic nitrogens is 2. The van der Waals surface area contributed by atoms with Gasteiger partial charge in [-0.25, -0.2) is 9.78 Å². The van der Waals surface area contributed by atoms with Crippen LogP contribution in [0.5, 0.6) is 17.2 Å². The van der Waals surface area contributed by atoms with Gasteiger partial charge in [0.2, 0.25) is 0 Å². The van der Waals surface area contributed by atoms with Crippen LogP contribution in [-0.4, -0.2) is 35.1 Å². The third kappa shape index (κ3) is 6.13. The van der Waals surface area contributed by atoms with E-state index in [4.69, 9.17) is 30.8 Å². The van der Waals surface area contributed by atoms with E-state index in [1.807, 2.05) is 50.2 Å². The van der Waals surface area contributed by atoms with E-state index in [1.54, 1.807) is 54.6 Å². The maximum atomic E-state index is 13.5. The molecule has 1 aromatic heterocycles. The Morgan fingerprint density at radius 1 is 0.878 bits per heavy atom. The van der Waals surface area contributed by atoms with Gasteiger partial charge in [-0.1, -0.05) is 54.1 Å². The van der Waals surface area contributed by atoms with Crippen LogP contribution in [-0.2, 0) is 0 Å². The Morgan fingerprint density at radius 2 is 1.59 bits per heavy atom. The Balaban J connectivity index is 1.52. The van der Waals surface area contributed by atoms with Gasteiger partial charge in [0.15, 0.2) is 17.3 Å². The van der Waals surface area contributed by atoms with E-state index in [9.17, 15) is 9.59 Å². The van der Waals surface area contributed by atoms with Crippen LogP contribution < -0.4 is 19.8 Å². The number of fused-ring (bicyclic) bond motifs is 1. The minimum Gasteiger partial charge on any atom is -0.490 e. The molecule has 1 heterocycles. The molecule has 0 fully saturated rings. The highest BCUT2D eigenvalue weighted by Crippen LogP contribution is 2.30. The number of carbonyl (C=O) groups excluding carboxylic acids is 1. The summed E-state index contributed by atoms with van der Waals surface area (Å²) < 4.78 is 18.2. The van der Waals surface area contributed by atoms with Crippen molar-refractivity contribution in [3.05, 3.63) is 117 Å². The van der Waals surface area contributed by atoms with Crippen molar-refractivity contribution in [2.24, 2.45) is 5.10 Å². The Kier molecular flexibility index (Phi) is 8.41. The van der Waals surface area contributed by atoms with Crippen LogP contribution in [0.25, 0.3) is 22.3 Å². The number of rotatable bonds is 9. The molecule has 0 aliphatic heterocycles. The van der Waals surface area contributed by atoms with Crippen molar-refractivity contribution >= 4 is 34.7 Å². The van der Waals surface area contributed by atoms with E-state index in [2.05, 4.69) is 5.10 Å². The van der Waals surface area contributed by atoms with Gasteiger partial charge in [0, 0.05) is 16.1 Å². The number of nitrogens with zero attached hydrogens (tertiary/aromatic N) is 3. The standard InChI is InChI=1S/C32H26ClN3O5/c1-3-39-28-16-14-22(19-29(28)40-4-2)32(38)41-27-17-15-24(33)18-23(27)20-34-36-30(21-10-6-5-7-11-21)35-26-13-9-8-12-25(26)31(36)37/h5-20H,3-4H2,1-2H3. The molecule has 0 bridgehead atoms. The lowest BCUT2D eigenvalue weighted by Crippen LogP contribution is -2.20. The summed E-state index contributed by atoms with van der Waals surface area (Å²) in [5, 5.41) is 5.31. The lowest BCUT2D eigenvalue weighted by molar-refractivity contribution is 0.0734. The lowest BCUT2D eigenvalue weighted by Gasteiger charge is -2.13. The van der Waals surface area contributed by atoms with Crippen LogP contribution in [0.2, 0.25) is 5.02 Å². The smallest absolute Gasteiger partial charge is 0.343 e. The van der Waals surface area contributed by atoms with Gasteiger partial charge in [0.1, 0.15) is 5.75 Å². The summed E-state index contributed by atoms with van der Waals surface area (Å²) in [7, 11) is 0. The van der Waals surface area contributed by atoms with Gasteiger partial charge < -0.3 is 14.2 Å². The molecule has 9 heteroatoms. The van der Waals surface area contributed by atoms with Crippen LogP contribution in [0.4, 0.5) is 0 Å². The van der Waals surface area contributed by atoms with Crippen molar-refractivity contribution in [3.8, 4) is 28.6 Å². The first-order chi connectivity index (χ1) is 20.0. The molecule has 0 radical (unpaired) electrons. The topological polar surface area (TPSA) is 92.0 Å². The molecule has 5 rings (SSSR count).